The van der Waals surface area contributed by atoms with E-state index in [9.17, 15) is 4.79 Å². The summed E-state index contributed by atoms with van der Waals surface area (Å²) in [5.41, 5.74) is 5.08. The summed E-state index contributed by atoms with van der Waals surface area (Å²) in [6.45, 7) is 2.68. The summed E-state index contributed by atoms with van der Waals surface area (Å²) < 4.78 is 5.20. The van der Waals surface area contributed by atoms with Crippen molar-refractivity contribution in [2.24, 2.45) is 5.41 Å². The average molecular weight is 299 g/mol. The van der Waals surface area contributed by atoms with Crippen molar-refractivity contribution >= 4 is 29.3 Å². The second-order valence-electron chi connectivity index (χ2n) is 5.00. The standard InChI is InChI=1S/C13H19ClN4O2/c1-2-20-11(19)13(5-3-4-6-13)8-16-10-7-9(14)17-12(15)18-10/h7H,2-6,8H2,1H3,(H3,15,16,17,18). The lowest BCUT2D eigenvalue weighted by molar-refractivity contribution is -0.154. The van der Waals surface area contributed by atoms with E-state index in [1.807, 2.05) is 6.92 Å². The van der Waals surface area contributed by atoms with Crippen LogP contribution in [0.25, 0.3) is 0 Å². The number of nitrogens with zero attached hydrogens (tertiary/aromatic N) is 2. The van der Waals surface area contributed by atoms with Gasteiger partial charge in [-0.25, -0.2) is 4.98 Å². The van der Waals surface area contributed by atoms with Gasteiger partial charge < -0.3 is 15.8 Å². The monoisotopic (exact) mass is 298 g/mol. The first-order valence-electron chi connectivity index (χ1n) is 6.77. The molecular formula is C13H19ClN4O2. The number of hydrogen-bond acceptors (Lipinski definition) is 6. The van der Waals surface area contributed by atoms with Crippen LogP contribution in [0.15, 0.2) is 6.07 Å². The average Bonchev–Trinajstić information content (AvgIpc) is 2.86. The van der Waals surface area contributed by atoms with E-state index in [-0.39, 0.29) is 17.1 Å². The molecule has 7 heteroatoms. The van der Waals surface area contributed by atoms with Crippen LogP contribution < -0.4 is 11.1 Å². The summed E-state index contributed by atoms with van der Waals surface area (Å²) in [4.78, 5) is 20.0. The summed E-state index contributed by atoms with van der Waals surface area (Å²) in [5.74, 6) is 0.493. The molecule has 3 N–H and O–H groups in total. The Hall–Kier alpha value is -1.56. The zero-order chi connectivity index (χ0) is 14.6. The van der Waals surface area contributed by atoms with Gasteiger partial charge in [0.1, 0.15) is 11.0 Å². The van der Waals surface area contributed by atoms with Gasteiger partial charge in [0.05, 0.1) is 12.0 Å². The predicted octanol–water partition coefficient (Wildman–Crippen LogP) is 2.25. The Bertz CT molecular complexity index is 469. The zero-order valence-electron chi connectivity index (χ0n) is 11.5. The Labute approximate surface area is 123 Å². The highest BCUT2D eigenvalue weighted by molar-refractivity contribution is 6.29. The fourth-order valence-corrected chi connectivity index (χ4v) is 2.76. The smallest absolute Gasteiger partial charge is 0.313 e. The molecule has 1 heterocycles. The number of rotatable bonds is 5. The number of esters is 1. The van der Waals surface area contributed by atoms with Gasteiger partial charge in [-0.15, -0.1) is 0 Å². The van der Waals surface area contributed by atoms with Crippen LogP contribution in [0, 0.1) is 5.41 Å². The number of nitrogen functional groups attached to an aromatic ring is 1. The van der Waals surface area contributed by atoms with Crippen molar-refractivity contribution < 1.29 is 9.53 Å². The van der Waals surface area contributed by atoms with Gasteiger partial charge in [0.15, 0.2) is 0 Å². The Morgan fingerprint density at radius 3 is 2.80 bits per heavy atom. The van der Waals surface area contributed by atoms with Gasteiger partial charge in [0.2, 0.25) is 5.95 Å². The number of halogens is 1. The van der Waals surface area contributed by atoms with E-state index in [0.717, 1.165) is 25.7 Å². The van der Waals surface area contributed by atoms with Gasteiger partial charge in [0, 0.05) is 12.6 Å². The molecule has 2 rings (SSSR count). The van der Waals surface area contributed by atoms with Crippen LogP contribution in [0.4, 0.5) is 11.8 Å². The minimum absolute atomic E-state index is 0.108. The first-order valence-corrected chi connectivity index (χ1v) is 7.15. The number of ether oxygens (including phenoxy) is 1. The highest BCUT2D eigenvalue weighted by atomic mass is 35.5. The largest absolute Gasteiger partial charge is 0.466 e. The van der Waals surface area contributed by atoms with E-state index in [4.69, 9.17) is 22.1 Å². The fraction of sp³-hybridized carbons (Fsp3) is 0.615. The molecule has 1 aliphatic rings. The molecule has 1 aromatic rings. The molecule has 0 spiro atoms. The van der Waals surface area contributed by atoms with Crippen LogP contribution in [0.5, 0.6) is 0 Å². The topological polar surface area (TPSA) is 90.1 Å². The number of anilines is 2. The molecule has 20 heavy (non-hydrogen) atoms. The molecule has 0 unspecified atom stereocenters. The second-order valence-corrected chi connectivity index (χ2v) is 5.38. The number of nitrogens with two attached hydrogens (primary N) is 1. The van der Waals surface area contributed by atoms with Crippen LogP contribution in [0.2, 0.25) is 5.15 Å². The first kappa shape index (κ1) is 14.8. The minimum Gasteiger partial charge on any atom is -0.466 e. The highest BCUT2D eigenvalue weighted by Crippen LogP contribution is 2.39. The number of carbonyl (C=O) groups excluding carboxylic acids is 1. The molecule has 0 aromatic carbocycles. The van der Waals surface area contributed by atoms with Crippen molar-refractivity contribution in [3.63, 3.8) is 0 Å². The van der Waals surface area contributed by atoms with Crippen LogP contribution in [0.3, 0.4) is 0 Å². The second kappa shape index (κ2) is 6.26. The maximum absolute atomic E-state index is 12.2. The molecule has 1 aromatic heterocycles. The molecule has 0 aliphatic heterocycles. The lowest BCUT2D eigenvalue weighted by Gasteiger charge is -2.26. The fourth-order valence-electron chi connectivity index (χ4n) is 2.57. The van der Waals surface area contributed by atoms with E-state index >= 15 is 0 Å². The number of aromatic nitrogens is 2. The van der Waals surface area contributed by atoms with E-state index in [2.05, 4.69) is 15.3 Å². The van der Waals surface area contributed by atoms with Gasteiger partial charge in [-0.1, -0.05) is 24.4 Å². The van der Waals surface area contributed by atoms with Crippen LogP contribution in [-0.4, -0.2) is 29.1 Å². The number of nitrogens with one attached hydrogen (secondary N) is 1. The van der Waals surface area contributed by atoms with E-state index in [0.29, 0.717) is 19.0 Å². The summed E-state index contributed by atoms with van der Waals surface area (Å²) in [5, 5.41) is 3.41. The van der Waals surface area contributed by atoms with Gasteiger partial charge in [-0.2, -0.15) is 4.98 Å². The number of hydrogen-bond donors (Lipinski definition) is 2. The molecule has 1 aliphatic carbocycles. The molecule has 0 amide bonds. The lowest BCUT2D eigenvalue weighted by atomic mass is 9.86. The van der Waals surface area contributed by atoms with Crippen molar-refractivity contribution in [1.82, 2.24) is 9.97 Å². The molecule has 1 saturated carbocycles. The summed E-state index contributed by atoms with van der Waals surface area (Å²) in [7, 11) is 0. The van der Waals surface area contributed by atoms with Crippen LogP contribution in [0.1, 0.15) is 32.6 Å². The molecular weight excluding hydrogens is 280 g/mol. The molecule has 6 nitrogen and oxygen atoms in total. The summed E-state index contributed by atoms with van der Waals surface area (Å²) in [6, 6.07) is 1.59. The summed E-state index contributed by atoms with van der Waals surface area (Å²) in [6.07, 6.45) is 3.72. The van der Waals surface area contributed by atoms with Crippen molar-refractivity contribution in [2.45, 2.75) is 32.6 Å². The van der Waals surface area contributed by atoms with Gasteiger partial charge in [-0.3, -0.25) is 4.79 Å². The Kier molecular flexibility index (Phi) is 4.65. The molecule has 0 radical (unpaired) electrons. The normalized spacial score (nSPS) is 16.9. The Morgan fingerprint density at radius 2 is 2.20 bits per heavy atom. The van der Waals surface area contributed by atoms with E-state index in [1.54, 1.807) is 6.07 Å². The quantitative estimate of drug-likeness (QED) is 0.640. The highest BCUT2D eigenvalue weighted by Gasteiger charge is 2.42. The predicted molar refractivity (Wildman–Crippen MR) is 77.5 cm³/mol. The maximum Gasteiger partial charge on any atom is 0.313 e. The molecule has 110 valence electrons. The van der Waals surface area contributed by atoms with Crippen molar-refractivity contribution in [3.8, 4) is 0 Å². The molecule has 0 bridgehead atoms. The lowest BCUT2D eigenvalue weighted by Crippen LogP contribution is -2.37. The third kappa shape index (κ3) is 3.30. The first-order chi connectivity index (χ1) is 9.55. The van der Waals surface area contributed by atoms with Gasteiger partial charge in [0.25, 0.3) is 0 Å². The van der Waals surface area contributed by atoms with Crippen molar-refractivity contribution in [2.75, 3.05) is 24.2 Å². The van der Waals surface area contributed by atoms with Crippen LogP contribution in [-0.2, 0) is 9.53 Å². The third-order valence-electron chi connectivity index (χ3n) is 3.59. The van der Waals surface area contributed by atoms with Crippen LogP contribution >= 0.6 is 11.6 Å². The molecule has 1 fully saturated rings. The van der Waals surface area contributed by atoms with Gasteiger partial charge in [-0.05, 0) is 19.8 Å². The van der Waals surface area contributed by atoms with Gasteiger partial charge >= 0.3 is 5.97 Å². The maximum atomic E-state index is 12.2. The summed E-state index contributed by atoms with van der Waals surface area (Å²) >= 11 is 5.83. The molecule has 0 atom stereocenters. The zero-order valence-corrected chi connectivity index (χ0v) is 12.2. The van der Waals surface area contributed by atoms with Crippen molar-refractivity contribution in [1.29, 1.82) is 0 Å². The Morgan fingerprint density at radius 1 is 1.50 bits per heavy atom. The number of carbonyl (C=O) groups is 1. The Balaban J connectivity index is 2.07. The molecule has 0 saturated heterocycles. The SMILES string of the molecule is CCOC(=O)C1(CNc2cc(Cl)nc(N)n2)CCCC1. The van der Waals surface area contributed by atoms with E-state index < -0.39 is 5.41 Å². The van der Waals surface area contributed by atoms with Crippen molar-refractivity contribution in [3.05, 3.63) is 11.2 Å². The third-order valence-corrected chi connectivity index (χ3v) is 3.78. The minimum atomic E-state index is -0.470. The van der Waals surface area contributed by atoms with E-state index in [1.165, 1.54) is 0 Å².